The van der Waals surface area contributed by atoms with Gasteiger partial charge in [-0.25, -0.2) is 18.7 Å². The molecule has 0 aliphatic heterocycles. The van der Waals surface area contributed by atoms with Gasteiger partial charge >= 0.3 is 0 Å². The Morgan fingerprint density at radius 1 is 0.963 bits per heavy atom. The third kappa shape index (κ3) is 4.55. The summed E-state index contributed by atoms with van der Waals surface area (Å²) in [5.74, 6) is -2.35. The van der Waals surface area contributed by atoms with Crippen LogP contribution in [0.25, 0.3) is 0 Å². The van der Waals surface area contributed by atoms with Crippen LogP contribution < -0.4 is 15.5 Å². The quantitative estimate of drug-likeness (QED) is 0.716. The number of anilines is 4. The molecule has 0 saturated heterocycles. The number of benzene rings is 2. The van der Waals surface area contributed by atoms with E-state index in [0.29, 0.717) is 0 Å². The molecule has 0 aliphatic rings. The first-order chi connectivity index (χ1) is 12.9. The minimum absolute atomic E-state index is 0.0853. The lowest BCUT2D eigenvalue weighted by Crippen LogP contribution is -2.15. The minimum atomic E-state index is -1.04. The monoisotopic (exact) mass is 369 g/mol. The van der Waals surface area contributed by atoms with Gasteiger partial charge in [-0.05, 0) is 42.5 Å². The summed E-state index contributed by atoms with van der Waals surface area (Å²) < 4.78 is 26.2. The van der Waals surface area contributed by atoms with Gasteiger partial charge in [0.1, 0.15) is 5.69 Å². The van der Waals surface area contributed by atoms with Gasteiger partial charge in [-0.15, -0.1) is 0 Å². The third-order valence-electron chi connectivity index (χ3n) is 3.71. The molecule has 6 nitrogen and oxygen atoms in total. The average Bonchev–Trinajstić information content (AvgIpc) is 2.65. The first kappa shape index (κ1) is 18.2. The average molecular weight is 369 g/mol. The second kappa shape index (κ2) is 7.77. The Bertz CT molecular complexity index is 961. The number of aromatic nitrogens is 2. The zero-order chi connectivity index (χ0) is 19.4. The van der Waals surface area contributed by atoms with Crippen molar-refractivity contribution in [3.63, 3.8) is 0 Å². The number of nitrogens with one attached hydrogen (secondary N) is 2. The molecule has 0 spiro atoms. The summed E-state index contributed by atoms with van der Waals surface area (Å²) in [6.45, 7) is 0. The predicted octanol–water partition coefficient (Wildman–Crippen LogP) is 3.82. The first-order valence-electron chi connectivity index (χ1n) is 8.06. The Hall–Kier alpha value is -3.55. The molecule has 1 heterocycles. The van der Waals surface area contributed by atoms with Crippen molar-refractivity contribution in [2.24, 2.45) is 0 Å². The van der Waals surface area contributed by atoms with Crippen LogP contribution in [0.3, 0.4) is 0 Å². The molecule has 138 valence electrons. The Morgan fingerprint density at radius 3 is 2.33 bits per heavy atom. The maximum absolute atomic E-state index is 13.3. The fourth-order valence-electron chi connectivity index (χ4n) is 2.29. The molecule has 27 heavy (non-hydrogen) atoms. The number of amides is 1. The van der Waals surface area contributed by atoms with Gasteiger partial charge in [-0.2, -0.15) is 0 Å². The first-order valence-corrected chi connectivity index (χ1v) is 8.06. The summed E-state index contributed by atoms with van der Waals surface area (Å²) in [6, 6.07) is 12.1. The molecular formula is C19H17F2N5O. The fraction of sp³-hybridized carbons (Fsp3) is 0.105. The van der Waals surface area contributed by atoms with Crippen molar-refractivity contribution in [3.05, 3.63) is 72.1 Å². The van der Waals surface area contributed by atoms with Crippen LogP contribution in [0.1, 0.15) is 10.5 Å². The van der Waals surface area contributed by atoms with E-state index in [4.69, 9.17) is 0 Å². The molecule has 0 radical (unpaired) electrons. The number of hydrogen-bond acceptors (Lipinski definition) is 5. The molecule has 0 unspecified atom stereocenters. The highest BCUT2D eigenvalue weighted by Crippen LogP contribution is 2.18. The molecule has 2 N–H and O–H groups in total. The van der Waals surface area contributed by atoms with E-state index >= 15 is 0 Å². The molecule has 0 aliphatic carbocycles. The maximum Gasteiger partial charge on any atom is 0.274 e. The summed E-state index contributed by atoms with van der Waals surface area (Å²) in [5, 5.41) is 5.48. The van der Waals surface area contributed by atoms with Gasteiger partial charge in [0.25, 0.3) is 5.91 Å². The highest BCUT2D eigenvalue weighted by atomic mass is 19.2. The van der Waals surface area contributed by atoms with Crippen LogP contribution in [0.2, 0.25) is 0 Å². The molecule has 0 bridgehead atoms. The number of halogens is 2. The number of rotatable bonds is 5. The molecule has 1 aromatic heterocycles. The Kier molecular flexibility index (Phi) is 5.25. The van der Waals surface area contributed by atoms with Crippen molar-refractivity contribution in [1.29, 1.82) is 0 Å². The minimum Gasteiger partial charge on any atom is -0.378 e. The van der Waals surface area contributed by atoms with Crippen molar-refractivity contribution >= 4 is 28.9 Å². The molecule has 1 amide bonds. The standard InChI is InChI=1S/C19H17F2N5O/c1-26(2)14-6-3-12(4-7-14)24-19-22-10-9-17(25-19)18(27)23-13-5-8-15(20)16(21)11-13/h3-11H,1-2H3,(H,23,27)(H,22,24,25). The smallest absolute Gasteiger partial charge is 0.274 e. The van der Waals surface area contributed by atoms with Gasteiger partial charge in [0.2, 0.25) is 5.95 Å². The summed E-state index contributed by atoms with van der Waals surface area (Å²) in [5.41, 5.74) is 2.02. The van der Waals surface area contributed by atoms with Gasteiger partial charge in [-0.3, -0.25) is 4.79 Å². The van der Waals surface area contributed by atoms with Gasteiger partial charge in [-0.1, -0.05) is 0 Å². The van der Waals surface area contributed by atoms with Gasteiger partial charge in [0, 0.05) is 43.4 Å². The Morgan fingerprint density at radius 2 is 1.67 bits per heavy atom. The van der Waals surface area contributed by atoms with Crippen LogP contribution in [0.5, 0.6) is 0 Å². The van der Waals surface area contributed by atoms with E-state index in [-0.39, 0.29) is 17.3 Å². The molecule has 0 fully saturated rings. The zero-order valence-corrected chi connectivity index (χ0v) is 14.7. The van der Waals surface area contributed by atoms with E-state index in [0.717, 1.165) is 23.5 Å². The molecule has 0 saturated carbocycles. The summed E-state index contributed by atoms with van der Waals surface area (Å²) >= 11 is 0. The Balaban J connectivity index is 1.72. The van der Waals surface area contributed by atoms with Crippen molar-refractivity contribution in [3.8, 4) is 0 Å². The normalized spacial score (nSPS) is 10.4. The van der Waals surface area contributed by atoms with Gasteiger partial charge in [0.15, 0.2) is 11.6 Å². The lowest BCUT2D eigenvalue weighted by Gasteiger charge is -2.13. The number of carbonyl (C=O) groups excluding carboxylic acids is 1. The van der Waals surface area contributed by atoms with E-state index in [1.165, 1.54) is 18.3 Å². The highest BCUT2D eigenvalue weighted by molar-refractivity contribution is 6.03. The van der Waals surface area contributed by atoms with Crippen LogP contribution >= 0.6 is 0 Å². The lowest BCUT2D eigenvalue weighted by molar-refractivity contribution is 0.102. The molecule has 8 heteroatoms. The predicted molar refractivity (Wildman–Crippen MR) is 100 cm³/mol. The maximum atomic E-state index is 13.3. The second-order valence-corrected chi connectivity index (χ2v) is 5.91. The van der Waals surface area contributed by atoms with Crippen LogP contribution in [0, 0.1) is 11.6 Å². The number of nitrogens with zero attached hydrogens (tertiary/aromatic N) is 3. The SMILES string of the molecule is CN(C)c1ccc(Nc2nccc(C(=O)Nc3ccc(F)c(F)c3)n2)cc1. The molecular weight excluding hydrogens is 352 g/mol. The molecule has 3 aromatic rings. The van der Waals surface area contributed by atoms with E-state index in [1.807, 2.05) is 43.3 Å². The highest BCUT2D eigenvalue weighted by Gasteiger charge is 2.11. The molecule has 3 rings (SSSR count). The van der Waals surface area contributed by atoms with Crippen LogP contribution in [0.15, 0.2) is 54.7 Å². The van der Waals surface area contributed by atoms with Gasteiger partial charge < -0.3 is 15.5 Å². The largest absolute Gasteiger partial charge is 0.378 e. The van der Waals surface area contributed by atoms with Crippen LogP contribution in [-0.4, -0.2) is 30.0 Å². The van der Waals surface area contributed by atoms with Crippen molar-refractivity contribution < 1.29 is 13.6 Å². The number of carbonyl (C=O) groups is 1. The van der Waals surface area contributed by atoms with E-state index in [9.17, 15) is 13.6 Å². The van der Waals surface area contributed by atoms with Crippen LogP contribution in [-0.2, 0) is 0 Å². The van der Waals surface area contributed by atoms with Crippen LogP contribution in [0.4, 0.5) is 31.8 Å². The van der Waals surface area contributed by atoms with Gasteiger partial charge in [0.05, 0.1) is 0 Å². The second-order valence-electron chi connectivity index (χ2n) is 5.91. The fourth-order valence-corrected chi connectivity index (χ4v) is 2.29. The topological polar surface area (TPSA) is 70.2 Å². The third-order valence-corrected chi connectivity index (χ3v) is 3.71. The summed E-state index contributed by atoms with van der Waals surface area (Å²) in [6.07, 6.45) is 1.43. The summed E-state index contributed by atoms with van der Waals surface area (Å²) in [7, 11) is 3.89. The molecule has 2 aromatic carbocycles. The van der Waals surface area contributed by atoms with Crippen molar-refractivity contribution in [1.82, 2.24) is 9.97 Å². The van der Waals surface area contributed by atoms with E-state index < -0.39 is 17.5 Å². The van der Waals surface area contributed by atoms with Crippen molar-refractivity contribution in [2.45, 2.75) is 0 Å². The van der Waals surface area contributed by atoms with E-state index in [1.54, 1.807) is 0 Å². The summed E-state index contributed by atoms with van der Waals surface area (Å²) in [4.78, 5) is 22.5. The van der Waals surface area contributed by atoms with E-state index in [2.05, 4.69) is 20.6 Å². The zero-order valence-electron chi connectivity index (χ0n) is 14.7. The molecule has 0 atom stereocenters. The van der Waals surface area contributed by atoms with Crippen molar-refractivity contribution in [2.75, 3.05) is 29.6 Å². The Labute approximate surface area is 154 Å². The lowest BCUT2D eigenvalue weighted by atomic mass is 10.2. The number of hydrogen-bond donors (Lipinski definition) is 2.